The van der Waals surface area contributed by atoms with E-state index in [4.69, 9.17) is 0 Å². The number of fused-ring (bicyclic) bond motifs is 1. The molecule has 3 rings (SSSR count). The molecule has 0 saturated heterocycles. The van der Waals surface area contributed by atoms with Gasteiger partial charge in [-0.15, -0.1) is 4.40 Å². The summed E-state index contributed by atoms with van der Waals surface area (Å²) in [5.41, 5.74) is 0.373. The van der Waals surface area contributed by atoms with E-state index in [9.17, 15) is 13.2 Å². The smallest absolute Gasteiger partial charge is 0.257 e. The van der Waals surface area contributed by atoms with Crippen molar-refractivity contribution in [1.29, 1.82) is 0 Å². The van der Waals surface area contributed by atoms with Gasteiger partial charge in [-0.25, -0.2) is 8.42 Å². The third-order valence-corrected chi connectivity index (χ3v) is 5.83. The van der Waals surface area contributed by atoms with Gasteiger partial charge in [-0.1, -0.05) is 6.92 Å². The zero-order chi connectivity index (χ0) is 16.8. The molecule has 0 aromatic rings. The van der Waals surface area contributed by atoms with Gasteiger partial charge in [0.2, 0.25) is 0 Å². The number of nitrogens with zero attached hydrogens (tertiary/aromatic N) is 3. The van der Waals surface area contributed by atoms with E-state index in [0.29, 0.717) is 24.0 Å². The Hall–Kier alpha value is -1.63. The molecule has 0 spiro atoms. The lowest BCUT2D eigenvalue weighted by molar-refractivity contribution is -0.128. The largest absolute Gasteiger partial charge is 0.336 e. The van der Waals surface area contributed by atoms with Gasteiger partial charge >= 0.3 is 0 Å². The molecule has 6 nitrogen and oxygen atoms in total. The molecule has 2 aliphatic heterocycles. The average molecular weight is 337 g/mol. The Morgan fingerprint density at radius 2 is 2.17 bits per heavy atom. The Kier molecular flexibility index (Phi) is 4.08. The Labute approximate surface area is 137 Å². The monoisotopic (exact) mass is 337 g/mol. The number of carbonyl (C=O) groups is 1. The molecule has 0 unspecified atom stereocenters. The third kappa shape index (κ3) is 3.34. The van der Waals surface area contributed by atoms with E-state index in [1.807, 2.05) is 18.7 Å². The molecule has 2 heterocycles. The second-order valence-electron chi connectivity index (χ2n) is 6.84. The minimum absolute atomic E-state index is 0.0181. The van der Waals surface area contributed by atoms with Crippen LogP contribution in [-0.4, -0.2) is 54.8 Å². The minimum atomic E-state index is -3.48. The summed E-state index contributed by atoms with van der Waals surface area (Å²) in [7, 11) is -3.48. The SMILES string of the molecule is CC(C)N(C[C@@H]1C[C@@H]1C)C(=O)C1=CC=CN2CCS(=O)(=O)N=C12. The second kappa shape index (κ2) is 5.78. The van der Waals surface area contributed by atoms with Crippen molar-refractivity contribution in [3.63, 3.8) is 0 Å². The lowest BCUT2D eigenvalue weighted by atomic mass is 10.1. The molecule has 1 saturated carbocycles. The van der Waals surface area contributed by atoms with Gasteiger partial charge in [0.25, 0.3) is 15.9 Å². The summed E-state index contributed by atoms with van der Waals surface area (Å²) in [6.07, 6.45) is 6.37. The number of amidine groups is 1. The zero-order valence-electron chi connectivity index (χ0n) is 13.8. The van der Waals surface area contributed by atoms with Crippen molar-refractivity contribution >= 4 is 21.8 Å². The summed E-state index contributed by atoms with van der Waals surface area (Å²) in [5.74, 6) is 1.32. The molecular weight excluding hydrogens is 314 g/mol. The topological polar surface area (TPSA) is 70.1 Å². The van der Waals surface area contributed by atoms with E-state index in [2.05, 4.69) is 11.3 Å². The van der Waals surface area contributed by atoms with Crippen molar-refractivity contribution in [2.24, 2.45) is 16.2 Å². The van der Waals surface area contributed by atoms with Gasteiger partial charge in [-0.2, -0.15) is 0 Å². The highest BCUT2D eigenvalue weighted by molar-refractivity contribution is 7.90. The Balaban J connectivity index is 1.88. The van der Waals surface area contributed by atoms with Crippen LogP contribution in [0.3, 0.4) is 0 Å². The summed E-state index contributed by atoms with van der Waals surface area (Å²) >= 11 is 0. The summed E-state index contributed by atoms with van der Waals surface area (Å²) in [5, 5.41) is 0. The molecular formula is C16H23N3O3S. The van der Waals surface area contributed by atoms with E-state index in [0.717, 1.165) is 13.0 Å². The molecule has 0 N–H and O–H groups in total. The fraction of sp³-hybridized carbons (Fsp3) is 0.625. The number of rotatable bonds is 4. The van der Waals surface area contributed by atoms with E-state index >= 15 is 0 Å². The lowest BCUT2D eigenvalue weighted by Crippen LogP contribution is -2.46. The van der Waals surface area contributed by atoms with Gasteiger partial charge in [0, 0.05) is 25.3 Å². The molecule has 1 aliphatic carbocycles. The van der Waals surface area contributed by atoms with Gasteiger partial charge < -0.3 is 9.80 Å². The Morgan fingerprint density at radius 3 is 2.78 bits per heavy atom. The van der Waals surface area contributed by atoms with Crippen LogP contribution in [-0.2, 0) is 14.8 Å². The molecule has 0 bridgehead atoms. The highest BCUT2D eigenvalue weighted by Crippen LogP contribution is 2.38. The molecule has 2 atom stereocenters. The molecule has 0 aromatic carbocycles. The van der Waals surface area contributed by atoms with Crippen molar-refractivity contribution in [2.75, 3.05) is 18.8 Å². The fourth-order valence-corrected chi connectivity index (χ4v) is 3.96. The average Bonchev–Trinajstić information content (AvgIpc) is 3.17. The van der Waals surface area contributed by atoms with Gasteiger partial charge in [0.15, 0.2) is 5.84 Å². The van der Waals surface area contributed by atoms with Crippen LogP contribution in [0.1, 0.15) is 27.2 Å². The Bertz CT molecular complexity index is 706. The Morgan fingerprint density at radius 1 is 1.48 bits per heavy atom. The van der Waals surface area contributed by atoms with Gasteiger partial charge in [0.1, 0.15) is 0 Å². The van der Waals surface area contributed by atoms with Crippen LogP contribution in [0.4, 0.5) is 0 Å². The molecule has 0 aromatic heterocycles. The maximum absolute atomic E-state index is 13.0. The number of amides is 1. The third-order valence-electron chi connectivity index (χ3n) is 4.68. The fourth-order valence-electron chi connectivity index (χ4n) is 2.97. The number of carbonyl (C=O) groups excluding carboxylic acids is 1. The minimum Gasteiger partial charge on any atom is -0.336 e. The molecule has 23 heavy (non-hydrogen) atoms. The van der Waals surface area contributed by atoms with Crippen molar-refractivity contribution in [3.8, 4) is 0 Å². The maximum Gasteiger partial charge on any atom is 0.257 e. The first-order valence-electron chi connectivity index (χ1n) is 8.07. The number of sulfonamides is 1. The van der Waals surface area contributed by atoms with E-state index < -0.39 is 10.0 Å². The number of allylic oxidation sites excluding steroid dienone is 2. The van der Waals surface area contributed by atoms with Gasteiger partial charge in [-0.05, 0) is 44.3 Å². The van der Waals surface area contributed by atoms with Crippen molar-refractivity contribution in [3.05, 3.63) is 23.9 Å². The highest BCUT2D eigenvalue weighted by Gasteiger charge is 2.38. The van der Waals surface area contributed by atoms with Gasteiger partial charge in [-0.3, -0.25) is 4.79 Å². The van der Waals surface area contributed by atoms with Crippen LogP contribution < -0.4 is 0 Å². The predicted molar refractivity (Wildman–Crippen MR) is 89.3 cm³/mol. The number of hydrogen-bond donors (Lipinski definition) is 0. The summed E-state index contributed by atoms with van der Waals surface area (Å²) in [6, 6.07) is 0.0661. The highest BCUT2D eigenvalue weighted by atomic mass is 32.2. The molecule has 3 aliphatic rings. The van der Waals surface area contributed by atoms with E-state index in [-0.39, 0.29) is 23.5 Å². The summed E-state index contributed by atoms with van der Waals surface area (Å²) in [4.78, 5) is 16.6. The first kappa shape index (κ1) is 16.2. The van der Waals surface area contributed by atoms with Gasteiger partial charge in [0.05, 0.1) is 11.3 Å². The quantitative estimate of drug-likeness (QED) is 0.777. The van der Waals surface area contributed by atoms with Crippen LogP contribution in [0.5, 0.6) is 0 Å². The maximum atomic E-state index is 13.0. The lowest BCUT2D eigenvalue weighted by Gasteiger charge is -2.33. The van der Waals surface area contributed by atoms with Crippen LogP contribution in [0.25, 0.3) is 0 Å². The molecule has 1 amide bonds. The van der Waals surface area contributed by atoms with Crippen molar-refractivity contribution in [2.45, 2.75) is 33.2 Å². The summed E-state index contributed by atoms with van der Waals surface area (Å²) < 4.78 is 27.5. The zero-order valence-corrected chi connectivity index (χ0v) is 14.6. The van der Waals surface area contributed by atoms with Crippen molar-refractivity contribution in [1.82, 2.24) is 9.80 Å². The number of hydrogen-bond acceptors (Lipinski definition) is 4. The molecule has 7 heteroatoms. The normalized spacial score (nSPS) is 28.1. The first-order chi connectivity index (χ1) is 10.8. The molecule has 126 valence electrons. The van der Waals surface area contributed by atoms with Crippen LogP contribution in [0.15, 0.2) is 28.3 Å². The van der Waals surface area contributed by atoms with Crippen LogP contribution >= 0.6 is 0 Å². The first-order valence-corrected chi connectivity index (χ1v) is 9.68. The van der Waals surface area contributed by atoms with Crippen LogP contribution in [0.2, 0.25) is 0 Å². The standard InChI is InChI=1S/C16H23N3O3S/c1-11(2)19(10-13-9-12(13)3)16(20)14-5-4-6-18-7-8-23(21,22)17-15(14)18/h4-6,11-13H,7-10H2,1-3H3/t12-,13-/m0/s1. The van der Waals surface area contributed by atoms with E-state index in [1.165, 1.54) is 0 Å². The second-order valence-corrected chi connectivity index (χ2v) is 8.60. The van der Waals surface area contributed by atoms with Crippen LogP contribution in [0, 0.1) is 11.8 Å². The predicted octanol–water partition coefficient (Wildman–Crippen LogP) is 1.38. The molecule has 0 radical (unpaired) electrons. The van der Waals surface area contributed by atoms with Crippen molar-refractivity contribution < 1.29 is 13.2 Å². The summed E-state index contributed by atoms with van der Waals surface area (Å²) in [6.45, 7) is 7.22. The van der Waals surface area contributed by atoms with E-state index in [1.54, 1.807) is 23.3 Å². The molecule has 1 fully saturated rings.